The first-order valence-corrected chi connectivity index (χ1v) is 4.57. The van der Waals surface area contributed by atoms with Crippen LogP contribution in [0.25, 0.3) is 11.1 Å². The number of fused-ring (bicyclic) bond motifs is 1. The molecule has 0 aliphatic carbocycles. The van der Waals surface area contributed by atoms with Gasteiger partial charge in [-0.1, -0.05) is 13.8 Å². The first-order valence-electron chi connectivity index (χ1n) is 4.57. The summed E-state index contributed by atoms with van der Waals surface area (Å²) >= 11 is 0. The predicted octanol–water partition coefficient (Wildman–Crippen LogP) is 2.57. The Morgan fingerprint density at radius 2 is 2.07 bits per heavy atom. The van der Waals surface area contributed by atoms with Crippen LogP contribution in [0.2, 0.25) is 0 Å². The van der Waals surface area contributed by atoms with Crippen molar-refractivity contribution >= 4 is 11.1 Å². The summed E-state index contributed by atoms with van der Waals surface area (Å²) in [6.45, 7) is 5.80. The van der Waals surface area contributed by atoms with Crippen LogP contribution in [0.5, 0.6) is 5.88 Å². The average molecular weight is 194 g/mol. The lowest BCUT2D eigenvalue weighted by atomic mass is 10.4. The highest BCUT2D eigenvalue weighted by molar-refractivity contribution is 5.72. The number of rotatable bonds is 1. The van der Waals surface area contributed by atoms with E-state index in [2.05, 4.69) is 9.97 Å². The Kier molecular flexibility index (Phi) is 3.45. The van der Waals surface area contributed by atoms with Gasteiger partial charge in [-0.3, -0.25) is 0 Å². The van der Waals surface area contributed by atoms with Crippen molar-refractivity contribution in [2.24, 2.45) is 0 Å². The number of nitrogens with zero attached hydrogens (tertiary/aromatic N) is 2. The van der Waals surface area contributed by atoms with Crippen LogP contribution in [0.3, 0.4) is 0 Å². The van der Waals surface area contributed by atoms with E-state index in [0.717, 1.165) is 5.52 Å². The van der Waals surface area contributed by atoms with Crippen LogP contribution in [0.1, 0.15) is 19.7 Å². The Morgan fingerprint density at radius 1 is 1.36 bits per heavy atom. The van der Waals surface area contributed by atoms with Crippen LogP contribution in [-0.4, -0.2) is 17.1 Å². The molecule has 0 aromatic carbocycles. The van der Waals surface area contributed by atoms with Gasteiger partial charge in [0.05, 0.1) is 13.3 Å². The highest BCUT2D eigenvalue weighted by Crippen LogP contribution is 2.17. The van der Waals surface area contributed by atoms with Crippen molar-refractivity contribution < 1.29 is 9.15 Å². The standard InChI is InChI=1S/C8H8N2O2.C2H6/c1-5-10-6-4-9-8(11-2)3-7(6)12-5;1-2/h3-4H,1-2H3;1-2H3. The van der Waals surface area contributed by atoms with Crippen molar-refractivity contribution in [3.63, 3.8) is 0 Å². The molecule has 76 valence electrons. The third-order valence-electron chi connectivity index (χ3n) is 1.57. The molecular weight excluding hydrogens is 180 g/mol. The van der Waals surface area contributed by atoms with E-state index in [1.54, 1.807) is 26.3 Å². The van der Waals surface area contributed by atoms with Gasteiger partial charge in [0.25, 0.3) is 0 Å². The lowest BCUT2D eigenvalue weighted by Gasteiger charge is -1.94. The fourth-order valence-corrected chi connectivity index (χ4v) is 1.04. The van der Waals surface area contributed by atoms with Crippen molar-refractivity contribution in [2.45, 2.75) is 20.8 Å². The van der Waals surface area contributed by atoms with Gasteiger partial charge in [0.1, 0.15) is 5.52 Å². The summed E-state index contributed by atoms with van der Waals surface area (Å²) in [7, 11) is 1.57. The maximum absolute atomic E-state index is 5.28. The summed E-state index contributed by atoms with van der Waals surface area (Å²) in [5, 5.41) is 0. The van der Waals surface area contributed by atoms with Crippen LogP contribution in [0.4, 0.5) is 0 Å². The molecule has 4 heteroatoms. The fraction of sp³-hybridized carbons (Fsp3) is 0.400. The maximum Gasteiger partial charge on any atom is 0.216 e. The molecule has 0 radical (unpaired) electrons. The Bertz CT molecular complexity index is 409. The second-order valence-corrected chi connectivity index (χ2v) is 2.43. The third-order valence-corrected chi connectivity index (χ3v) is 1.57. The van der Waals surface area contributed by atoms with Gasteiger partial charge in [-0.05, 0) is 0 Å². The molecular formula is C10H14N2O2. The molecule has 0 saturated carbocycles. The van der Waals surface area contributed by atoms with Crippen LogP contribution >= 0.6 is 0 Å². The van der Waals surface area contributed by atoms with Gasteiger partial charge in [-0.15, -0.1) is 0 Å². The summed E-state index contributed by atoms with van der Waals surface area (Å²) in [6, 6.07) is 1.72. The molecule has 0 amide bonds. The van der Waals surface area contributed by atoms with E-state index in [1.807, 2.05) is 13.8 Å². The SMILES string of the molecule is CC.COc1cc2oc(C)nc2cn1. The molecule has 0 aliphatic rings. The van der Waals surface area contributed by atoms with E-state index in [1.165, 1.54) is 0 Å². The molecule has 0 N–H and O–H groups in total. The summed E-state index contributed by atoms with van der Waals surface area (Å²) < 4.78 is 10.2. The summed E-state index contributed by atoms with van der Waals surface area (Å²) in [5.74, 6) is 1.18. The van der Waals surface area contributed by atoms with Gasteiger partial charge in [-0.25, -0.2) is 9.97 Å². The number of methoxy groups -OCH3 is 1. The minimum Gasteiger partial charge on any atom is -0.481 e. The molecule has 0 atom stereocenters. The predicted molar refractivity (Wildman–Crippen MR) is 54.4 cm³/mol. The van der Waals surface area contributed by atoms with Crippen LogP contribution in [-0.2, 0) is 0 Å². The zero-order valence-corrected chi connectivity index (χ0v) is 8.87. The van der Waals surface area contributed by atoms with E-state index in [-0.39, 0.29) is 0 Å². The molecule has 0 saturated heterocycles. The maximum atomic E-state index is 5.28. The highest BCUT2D eigenvalue weighted by Gasteiger charge is 2.03. The number of oxazole rings is 1. The molecule has 2 heterocycles. The molecule has 0 unspecified atom stereocenters. The second kappa shape index (κ2) is 4.60. The van der Waals surface area contributed by atoms with Gasteiger partial charge in [0, 0.05) is 13.0 Å². The first kappa shape index (κ1) is 10.5. The van der Waals surface area contributed by atoms with E-state index in [4.69, 9.17) is 9.15 Å². The molecule has 0 fully saturated rings. The summed E-state index contributed by atoms with van der Waals surface area (Å²) in [5.41, 5.74) is 1.47. The van der Waals surface area contributed by atoms with E-state index >= 15 is 0 Å². The molecule has 4 nitrogen and oxygen atoms in total. The normalized spacial score (nSPS) is 9.43. The highest BCUT2D eigenvalue weighted by atomic mass is 16.5. The number of ether oxygens (including phenoxy) is 1. The van der Waals surface area contributed by atoms with Crippen molar-refractivity contribution in [1.82, 2.24) is 9.97 Å². The second-order valence-electron chi connectivity index (χ2n) is 2.43. The minimum absolute atomic E-state index is 0.540. The average Bonchev–Trinajstić information content (AvgIpc) is 2.59. The Balaban J connectivity index is 0.000000461. The minimum atomic E-state index is 0.540. The molecule has 14 heavy (non-hydrogen) atoms. The number of aromatic nitrogens is 2. The monoisotopic (exact) mass is 194 g/mol. The number of aryl methyl sites for hydroxylation is 1. The number of hydrogen-bond donors (Lipinski definition) is 0. The Labute approximate surface area is 82.9 Å². The van der Waals surface area contributed by atoms with E-state index in [9.17, 15) is 0 Å². The van der Waals surface area contributed by atoms with Crippen LogP contribution < -0.4 is 4.74 Å². The largest absolute Gasteiger partial charge is 0.481 e. The van der Waals surface area contributed by atoms with Crippen molar-refractivity contribution in [1.29, 1.82) is 0 Å². The smallest absolute Gasteiger partial charge is 0.216 e. The molecule has 0 bridgehead atoms. The van der Waals surface area contributed by atoms with E-state index in [0.29, 0.717) is 17.4 Å². The van der Waals surface area contributed by atoms with Gasteiger partial charge in [0.2, 0.25) is 5.88 Å². The van der Waals surface area contributed by atoms with Crippen molar-refractivity contribution in [3.05, 3.63) is 18.2 Å². The summed E-state index contributed by atoms with van der Waals surface area (Å²) in [6.07, 6.45) is 1.63. The van der Waals surface area contributed by atoms with Crippen molar-refractivity contribution in [3.8, 4) is 5.88 Å². The van der Waals surface area contributed by atoms with Gasteiger partial charge in [-0.2, -0.15) is 0 Å². The quantitative estimate of drug-likeness (QED) is 0.700. The molecule has 2 aromatic heterocycles. The van der Waals surface area contributed by atoms with Gasteiger partial charge >= 0.3 is 0 Å². The van der Waals surface area contributed by atoms with Crippen molar-refractivity contribution in [2.75, 3.05) is 7.11 Å². The zero-order valence-electron chi connectivity index (χ0n) is 8.87. The number of pyridine rings is 1. The topological polar surface area (TPSA) is 48.2 Å². The Morgan fingerprint density at radius 3 is 2.71 bits per heavy atom. The fourth-order valence-electron chi connectivity index (χ4n) is 1.04. The third kappa shape index (κ3) is 2.02. The lowest BCUT2D eigenvalue weighted by molar-refractivity contribution is 0.397. The van der Waals surface area contributed by atoms with Crippen LogP contribution in [0, 0.1) is 6.92 Å². The molecule has 2 rings (SSSR count). The van der Waals surface area contributed by atoms with Gasteiger partial charge in [0.15, 0.2) is 11.5 Å². The van der Waals surface area contributed by atoms with E-state index < -0.39 is 0 Å². The molecule has 2 aromatic rings. The first-order chi connectivity index (χ1) is 6.79. The Hall–Kier alpha value is -1.58. The van der Waals surface area contributed by atoms with Gasteiger partial charge < -0.3 is 9.15 Å². The zero-order chi connectivity index (χ0) is 10.6. The molecule has 0 aliphatic heterocycles. The summed E-state index contributed by atoms with van der Waals surface area (Å²) in [4.78, 5) is 8.10. The number of hydrogen-bond acceptors (Lipinski definition) is 4. The molecule has 0 spiro atoms. The lowest BCUT2D eigenvalue weighted by Crippen LogP contribution is -1.85. The van der Waals surface area contributed by atoms with Crippen LogP contribution in [0.15, 0.2) is 16.7 Å².